The second-order valence-corrected chi connectivity index (χ2v) is 11.3. The van der Waals surface area contributed by atoms with Gasteiger partial charge in [0, 0.05) is 27.2 Å². The Hall–Kier alpha value is -5.60. The molecule has 10 rings (SSSR count). The quantitative estimate of drug-likeness (QED) is 0.216. The third-order valence-corrected chi connectivity index (χ3v) is 9.12. The van der Waals surface area contributed by atoms with Crippen LogP contribution in [0, 0.1) is 0 Å². The van der Waals surface area contributed by atoms with Gasteiger partial charge in [0.15, 0.2) is 0 Å². The van der Waals surface area contributed by atoms with E-state index >= 15 is 0 Å². The van der Waals surface area contributed by atoms with Gasteiger partial charge in [-0.3, -0.25) is 0 Å². The Kier molecular flexibility index (Phi) is 4.21. The maximum Gasteiger partial charge on any atom is 0.136 e. The number of nitrogens with zero attached hydrogens (tertiary/aromatic N) is 1. The molecule has 0 unspecified atom stereocenters. The van der Waals surface area contributed by atoms with Crippen LogP contribution < -0.4 is 0 Å². The van der Waals surface area contributed by atoms with Gasteiger partial charge in [-0.05, 0) is 86.6 Å². The molecule has 0 aliphatic heterocycles. The molecule has 2 heteroatoms. The summed E-state index contributed by atoms with van der Waals surface area (Å²) in [4.78, 5) is 0. The van der Waals surface area contributed by atoms with Gasteiger partial charge in [-0.25, -0.2) is 0 Å². The standard InChI is InChI=1S/C40H23NO/c1-3-16-34-31(12-1)39-35(20-21-37-40(39)32-13-2-4-17-36(32)42-37)41(34)27-11-5-10-25(22-27)26-18-19-28-29-14-6-8-24-9-7-15-30(38(24)29)33(28)23-26/h1-23H. The molecule has 0 bridgehead atoms. The fourth-order valence-corrected chi connectivity index (χ4v) is 7.35. The molecular formula is C40H23NO. The van der Waals surface area contributed by atoms with E-state index in [2.05, 4.69) is 138 Å². The summed E-state index contributed by atoms with van der Waals surface area (Å²) in [6, 6.07) is 50.6. The summed E-state index contributed by atoms with van der Waals surface area (Å²) < 4.78 is 8.67. The van der Waals surface area contributed by atoms with Crippen molar-refractivity contribution in [3.63, 3.8) is 0 Å². The van der Waals surface area contributed by atoms with Crippen molar-refractivity contribution in [3.05, 3.63) is 140 Å². The van der Waals surface area contributed by atoms with Crippen LogP contribution in [0.25, 0.3) is 93.6 Å². The SMILES string of the molecule is c1cc(-c2ccc3c(c2)-c2cccc4cccc-3c24)cc(-n2c3ccccc3c3c4c(ccc32)oc2ccccc24)c1. The van der Waals surface area contributed by atoms with Gasteiger partial charge in [0.05, 0.1) is 11.0 Å². The molecule has 0 fully saturated rings. The van der Waals surface area contributed by atoms with E-state index in [1.807, 2.05) is 6.07 Å². The number of rotatable bonds is 2. The van der Waals surface area contributed by atoms with E-state index in [1.54, 1.807) is 0 Å². The van der Waals surface area contributed by atoms with Crippen LogP contribution in [0.15, 0.2) is 144 Å². The highest BCUT2D eigenvalue weighted by Gasteiger charge is 2.22. The van der Waals surface area contributed by atoms with E-state index in [9.17, 15) is 0 Å². The smallest absolute Gasteiger partial charge is 0.136 e. The molecule has 9 aromatic rings. The third kappa shape index (κ3) is 2.83. The van der Waals surface area contributed by atoms with Crippen molar-refractivity contribution >= 4 is 54.5 Å². The van der Waals surface area contributed by atoms with Gasteiger partial charge in [-0.1, -0.05) is 97.1 Å². The Morgan fingerprint density at radius 2 is 1.17 bits per heavy atom. The molecular weight excluding hydrogens is 510 g/mol. The van der Waals surface area contributed by atoms with Crippen molar-refractivity contribution in [2.45, 2.75) is 0 Å². The highest BCUT2D eigenvalue weighted by atomic mass is 16.3. The van der Waals surface area contributed by atoms with Gasteiger partial charge in [0.2, 0.25) is 0 Å². The third-order valence-electron chi connectivity index (χ3n) is 9.12. The summed E-state index contributed by atoms with van der Waals surface area (Å²) in [5, 5.41) is 7.48. The van der Waals surface area contributed by atoms with Crippen molar-refractivity contribution < 1.29 is 4.42 Å². The number of furan rings is 1. The van der Waals surface area contributed by atoms with Gasteiger partial charge >= 0.3 is 0 Å². The number of fused-ring (bicyclic) bond motifs is 10. The highest BCUT2D eigenvalue weighted by Crippen LogP contribution is 2.48. The Bertz CT molecular complexity index is 2570. The van der Waals surface area contributed by atoms with E-state index in [-0.39, 0.29) is 0 Å². The summed E-state index contributed by atoms with van der Waals surface area (Å²) in [5.41, 5.74) is 13.1. The number of para-hydroxylation sites is 2. The Labute approximate surface area is 241 Å². The monoisotopic (exact) mass is 533 g/mol. The minimum Gasteiger partial charge on any atom is -0.456 e. The van der Waals surface area contributed by atoms with Crippen LogP contribution in [0.5, 0.6) is 0 Å². The Morgan fingerprint density at radius 3 is 2.07 bits per heavy atom. The lowest BCUT2D eigenvalue weighted by Gasteiger charge is -2.12. The van der Waals surface area contributed by atoms with Crippen molar-refractivity contribution in [3.8, 4) is 39.1 Å². The molecule has 0 N–H and O–H groups in total. The fourth-order valence-electron chi connectivity index (χ4n) is 7.35. The van der Waals surface area contributed by atoms with Crippen LogP contribution >= 0.6 is 0 Å². The van der Waals surface area contributed by atoms with E-state index in [1.165, 1.54) is 71.3 Å². The van der Waals surface area contributed by atoms with Gasteiger partial charge in [0.25, 0.3) is 0 Å². The zero-order chi connectivity index (χ0) is 27.4. The van der Waals surface area contributed by atoms with Gasteiger partial charge in [0.1, 0.15) is 11.2 Å². The molecule has 0 saturated carbocycles. The average molecular weight is 534 g/mol. The normalized spacial score (nSPS) is 12.3. The molecule has 1 aliphatic carbocycles. The molecule has 2 aromatic heterocycles. The molecule has 0 spiro atoms. The molecule has 2 heterocycles. The molecule has 2 nitrogen and oxygen atoms in total. The van der Waals surface area contributed by atoms with Crippen molar-refractivity contribution in [1.82, 2.24) is 4.57 Å². The van der Waals surface area contributed by atoms with Crippen LogP contribution in [0.4, 0.5) is 0 Å². The van der Waals surface area contributed by atoms with E-state index in [4.69, 9.17) is 4.42 Å². The molecule has 0 saturated heterocycles. The van der Waals surface area contributed by atoms with Gasteiger partial charge in [-0.15, -0.1) is 0 Å². The van der Waals surface area contributed by atoms with E-state index < -0.39 is 0 Å². The maximum absolute atomic E-state index is 6.27. The van der Waals surface area contributed by atoms with E-state index in [0.717, 1.165) is 22.2 Å². The minimum atomic E-state index is 0.924. The Balaban J connectivity index is 1.20. The second kappa shape index (κ2) is 7.99. The van der Waals surface area contributed by atoms with Crippen LogP contribution in [0.3, 0.4) is 0 Å². The molecule has 42 heavy (non-hydrogen) atoms. The number of aromatic nitrogens is 1. The molecule has 0 atom stereocenters. The number of hydrogen-bond acceptors (Lipinski definition) is 1. The second-order valence-electron chi connectivity index (χ2n) is 11.3. The van der Waals surface area contributed by atoms with Crippen LogP contribution in [0.1, 0.15) is 0 Å². The summed E-state index contributed by atoms with van der Waals surface area (Å²) in [5.74, 6) is 0. The molecule has 7 aromatic carbocycles. The molecule has 0 amide bonds. The number of hydrogen-bond donors (Lipinski definition) is 0. The van der Waals surface area contributed by atoms with Crippen LogP contribution in [-0.4, -0.2) is 4.57 Å². The van der Waals surface area contributed by atoms with Crippen molar-refractivity contribution in [2.75, 3.05) is 0 Å². The van der Waals surface area contributed by atoms with Crippen LogP contribution in [0.2, 0.25) is 0 Å². The number of benzene rings is 7. The lowest BCUT2D eigenvalue weighted by atomic mass is 9.97. The predicted molar refractivity (Wildman–Crippen MR) is 175 cm³/mol. The summed E-state index contributed by atoms with van der Waals surface area (Å²) in [7, 11) is 0. The lowest BCUT2D eigenvalue weighted by Crippen LogP contribution is -1.94. The highest BCUT2D eigenvalue weighted by molar-refractivity contribution is 6.27. The maximum atomic E-state index is 6.27. The first-order valence-corrected chi connectivity index (χ1v) is 14.4. The van der Waals surface area contributed by atoms with Gasteiger partial charge in [-0.2, -0.15) is 0 Å². The Morgan fingerprint density at radius 1 is 0.405 bits per heavy atom. The summed E-state index contributed by atoms with van der Waals surface area (Å²) >= 11 is 0. The molecule has 1 aliphatic rings. The van der Waals surface area contributed by atoms with Gasteiger partial charge < -0.3 is 8.98 Å². The first kappa shape index (κ1) is 22.1. The largest absolute Gasteiger partial charge is 0.456 e. The summed E-state index contributed by atoms with van der Waals surface area (Å²) in [6.45, 7) is 0. The predicted octanol–water partition coefficient (Wildman–Crippen LogP) is 11.2. The lowest BCUT2D eigenvalue weighted by molar-refractivity contribution is 0.669. The first-order chi connectivity index (χ1) is 20.8. The van der Waals surface area contributed by atoms with Crippen LogP contribution in [-0.2, 0) is 0 Å². The molecule has 194 valence electrons. The topological polar surface area (TPSA) is 18.1 Å². The van der Waals surface area contributed by atoms with Crippen molar-refractivity contribution in [1.29, 1.82) is 0 Å². The summed E-state index contributed by atoms with van der Waals surface area (Å²) in [6.07, 6.45) is 0. The average Bonchev–Trinajstić information content (AvgIpc) is 3.70. The fraction of sp³-hybridized carbons (Fsp3) is 0. The first-order valence-electron chi connectivity index (χ1n) is 14.4. The van der Waals surface area contributed by atoms with Crippen molar-refractivity contribution in [2.24, 2.45) is 0 Å². The molecule has 0 radical (unpaired) electrons. The van der Waals surface area contributed by atoms with E-state index in [0.29, 0.717) is 0 Å². The zero-order valence-electron chi connectivity index (χ0n) is 22.6. The minimum absolute atomic E-state index is 0.924. The zero-order valence-corrected chi connectivity index (χ0v) is 22.6.